The number of carboxylic acids is 1. The van der Waals surface area contributed by atoms with Crippen LogP contribution in [0, 0.1) is 0 Å². The maximum Gasteiger partial charge on any atom is 0.323 e. The molecular formula is C8H15NO7. The third kappa shape index (κ3) is 2.88. The summed E-state index contributed by atoms with van der Waals surface area (Å²) in [5.74, 6) is -1.31. The molecule has 6 N–H and O–H groups in total. The van der Waals surface area contributed by atoms with E-state index in [1.165, 1.54) is 0 Å². The number of hydrogen-bond donors (Lipinski definition) is 6. The van der Waals surface area contributed by atoms with Gasteiger partial charge in [0.25, 0.3) is 0 Å². The Hall–Kier alpha value is -0.770. The predicted octanol–water partition coefficient (Wildman–Crippen LogP) is -3.54. The van der Waals surface area contributed by atoms with E-state index in [0.717, 1.165) is 0 Å². The zero-order chi connectivity index (χ0) is 12.3. The minimum absolute atomic E-state index is 0.229. The van der Waals surface area contributed by atoms with Crippen LogP contribution in [0.25, 0.3) is 0 Å². The van der Waals surface area contributed by atoms with Gasteiger partial charge in [-0.05, 0) is 0 Å². The van der Waals surface area contributed by atoms with Gasteiger partial charge in [0, 0.05) is 0 Å². The second kappa shape index (κ2) is 5.53. The van der Waals surface area contributed by atoms with Crippen molar-refractivity contribution >= 4 is 5.97 Å². The molecule has 94 valence electrons. The lowest BCUT2D eigenvalue weighted by Gasteiger charge is -2.36. The molecule has 0 bridgehead atoms. The van der Waals surface area contributed by atoms with E-state index in [-0.39, 0.29) is 6.61 Å². The van der Waals surface area contributed by atoms with Crippen molar-refractivity contribution in [2.75, 3.05) is 13.2 Å². The molecule has 0 aliphatic carbocycles. The Morgan fingerprint density at radius 1 is 1.38 bits per heavy atom. The molecule has 0 radical (unpaired) electrons. The third-order valence-corrected chi connectivity index (χ3v) is 2.35. The number of ether oxygens (including phenoxy) is 1. The number of rotatable bonds is 4. The van der Waals surface area contributed by atoms with Gasteiger partial charge in [0.1, 0.15) is 30.6 Å². The van der Waals surface area contributed by atoms with Gasteiger partial charge in [0.2, 0.25) is 0 Å². The van der Waals surface area contributed by atoms with Crippen LogP contribution in [0.1, 0.15) is 0 Å². The average molecular weight is 237 g/mol. The molecule has 8 nitrogen and oxygen atoms in total. The molecule has 0 saturated carbocycles. The minimum Gasteiger partial charge on any atom is -0.480 e. The molecule has 1 aliphatic heterocycles. The minimum atomic E-state index is -1.46. The van der Waals surface area contributed by atoms with Gasteiger partial charge in [0.15, 0.2) is 0 Å². The highest BCUT2D eigenvalue weighted by atomic mass is 16.5. The number of carbonyl (C=O) groups is 1. The molecule has 1 aliphatic rings. The molecule has 0 aromatic carbocycles. The summed E-state index contributed by atoms with van der Waals surface area (Å²) in [7, 11) is 0. The van der Waals surface area contributed by atoms with Gasteiger partial charge >= 0.3 is 5.97 Å². The van der Waals surface area contributed by atoms with Gasteiger partial charge in [-0.25, -0.2) is 0 Å². The van der Waals surface area contributed by atoms with Crippen LogP contribution in [0.15, 0.2) is 0 Å². The maximum atomic E-state index is 10.6. The van der Waals surface area contributed by atoms with Crippen LogP contribution in [-0.2, 0) is 9.53 Å². The van der Waals surface area contributed by atoms with Crippen LogP contribution in [0.2, 0.25) is 0 Å². The largest absolute Gasteiger partial charge is 0.480 e. The fourth-order valence-electron chi connectivity index (χ4n) is 1.35. The van der Waals surface area contributed by atoms with Crippen molar-refractivity contribution in [3.05, 3.63) is 0 Å². The van der Waals surface area contributed by atoms with E-state index >= 15 is 0 Å². The molecule has 1 saturated heterocycles. The molecule has 1 unspecified atom stereocenters. The first-order valence-corrected chi connectivity index (χ1v) is 4.73. The molecular weight excluding hydrogens is 222 g/mol. The molecule has 0 amide bonds. The number of carboxylic acid groups (broad SMARTS) is 1. The summed E-state index contributed by atoms with van der Waals surface area (Å²) >= 11 is 0. The van der Waals surface area contributed by atoms with Crippen LogP contribution in [0.5, 0.6) is 0 Å². The highest BCUT2D eigenvalue weighted by Crippen LogP contribution is 2.14. The normalized spacial score (nSPS) is 37.0. The number of aliphatic hydroxyl groups is 4. The summed E-state index contributed by atoms with van der Waals surface area (Å²) in [5, 5.41) is 47.6. The summed E-state index contributed by atoms with van der Waals surface area (Å²) in [4.78, 5) is 10.6. The third-order valence-electron chi connectivity index (χ3n) is 2.35. The monoisotopic (exact) mass is 237 g/mol. The lowest BCUT2D eigenvalue weighted by Crippen LogP contribution is -2.61. The molecule has 0 aromatic heterocycles. The van der Waals surface area contributed by atoms with Crippen molar-refractivity contribution in [1.82, 2.24) is 5.32 Å². The van der Waals surface area contributed by atoms with Crippen LogP contribution in [-0.4, -0.2) is 75.3 Å². The molecule has 1 rings (SSSR count). The second-order valence-corrected chi connectivity index (χ2v) is 3.54. The quantitative estimate of drug-likeness (QED) is 0.295. The van der Waals surface area contributed by atoms with Crippen LogP contribution >= 0.6 is 0 Å². The Balaban J connectivity index is 2.57. The van der Waals surface area contributed by atoms with E-state index in [0.29, 0.717) is 0 Å². The molecule has 8 heteroatoms. The van der Waals surface area contributed by atoms with Crippen LogP contribution in [0.3, 0.4) is 0 Å². The standard InChI is InChI=1S/C8H15NO7/c10-1-3(8(14)15)9-7-6(13)5(12)4(11)2-16-7/h3-7,9-13H,1-2H2,(H,14,15)/t3-,4+,5-,6+,7?/m0/s1. The molecule has 16 heavy (non-hydrogen) atoms. The van der Waals surface area contributed by atoms with E-state index < -0.39 is 43.2 Å². The summed E-state index contributed by atoms with van der Waals surface area (Å²) in [6.45, 7) is -0.909. The van der Waals surface area contributed by atoms with Crippen molar-refractivity contribution in [2.45, 2.75) is 30.6 Å². The topological polar surface area (TPSA) is 139 Å². The number of aliphatic hydroxyl groups excluding tert-OH is 4. The fraction of sp³-hybridized carbons (Fsp3) is 0.875. The van der Waals surface area contributed by atoms with Gasteiger partial charge in [-0.15, -0.1) is 0 Å². The van der Waals surface area contributed by atoms with Gasteiger partial charge < -0.3 is 30.3 Å². The number of nitrogens with one attached hydrogen (secondary N) is 1. The number of hydrogen-bond acceptors (Lipinski definition) is 7. The first-order chi connectivity index (χ1) is 7.47. The van der Waals surface area contributed by atoms with E-state index in [9.17, 15) is 15.0 Å². The van der Waals surface area contributed by atoms with E-state index in [1.54, 1.807) is 0 Å². The summed E-state index contributed by atoms with van der Waals surface area (Å²) in [5.41, 5.74) is 0. The highest BCUT2D eigenvalue weighted by molar-refractivity contribution is 5.73. The Morgan fingerprint density at radius 2 is 2.00 bits per heavy atom. The molecule has 1 heterocycles. The van der Waals surface area contributed by atoms with Crippen molar-refractivity contribution in [2.24, 2.45) is 0 Å². The fourth-order valence-corrected chi connectivity index (χ4v) is 1.35. The Kier molecular flexibility index (Phi) is 4.59. The van der Waals surface area contributed by atoms with E-state index in [2.05, 4.69) is 5.32 Å². The molecule has 0 spiro atoms. The first-order valence-electron chi connectivity index (χ1n) is 4.73. The van der Waals surface area contributed by atoms with Crippen molar-refractivity contribution in [3.8, 4) is 0 Å². The smallest absolute Gasteiger partial charge is 0.323 e. The van der Waals surface area contributed by atoms with Crippen molar-refractivity contribution in [1.29, 1.82) is 0 Å². The van der Waals surface area contributed by atoms with Gasteiger partial charge in [0.05, 0.1) is 13.2 Å². The lowest BCUT2D eigenvalue weighted by atomic mass is 10.0. The van der Waals surface area contributed by atoms with Crippen LogP contribution < -0.4 is 5.32 Å². The van der Waals surface area contributed by atoms with Gasteiger partial charge in [-0.1, -0.05) is 0 Å². The Morgan fingerprint density at radius 3 is 2.50 bits per heavy atom. The lowest BCUT2D eigenvalue weighted by molar-refractivity contribution is -0.199. The van der Waals surface area contributed by atoms with Gasteiger partial charge in [-0.3, -0.25) is 10.1 Å². The van der Waals surface area contributed by atoms with E-state index in [1.807, 2.05) is 0 Å². The average Bonchev–Trinajstić information content (AvgIpc) is 2.25. The maximum absolute atomic E-state index is 10.6. The van der Waals surface area contributed by atoms with Crippen LogP contribution in [0.4, 0.5) is 0 Å². The van der Waals surface area contributed by atoms with Crippen molar-refractivity contribution in [3.63, 3.8) is 0 Å². The summed E-state index contributed by atoms with van der Waals surface area (Å²) in [6.07, 6.45) is -5.24. The molecule has 0 aromatic rings. The first kappa shape index (κ1) is 13.3. The highest BCUT2D eigenvalue weighted by Gasteiger charge is 2.39. The van der Waals surface area contributed by atoms with Gasteiger partial charge in [-0.2, -0.15) is 0 Å². The second-order valence-electron chi connectivity index (χ2n) is 3.54. The SMILES string of the molecule is O=C(O)[C@H](CO)NC1OC[C@@H](O)[C@H](O)[C@H]1O. The Bertz CT molecular complexity index is 249. The van der Waals surface area contributed by atoms with Crippen molar-refractivity contribution < 1.29 is 35.1 Å². The van der Waals surface area contributed by atoms with E-state index in [4.69, 9.17) is 20.1 Å². The summed E-state index contributed by atoms with van der Waals surface area (Å²) < 4.78 is 4.91. The number of aliphatic carboxylic acids is 1. The Labute approximate surface area is 91.1 Å². The predicted molar refractivity (Wildman–Crippen MR) is 49.4 cm³/mol. The molecule has 1 fully saturated rings. The summed E-state index contributed by atoms with van der Waals surface area (Å²) in [6, 6.07) is -1.30. The zero-order valence-corrected chi connectivity index (χ0v) is 8.35. The molecule has 5 atom stereocenters. The zero-order valence-electron chi connectivity index (χ0n) is 8.35.